The summed E-state index contributed by atoms with van der Waals surface area (Å²) in [6, 6.07) is 0. The molecule has 0 spiro atoms. The Morgan fingerprint density at radius 1 is 1.25 bits per heavy atom. The van der Waals surface area contributed by atoms with Crippen molar-refractivity contribution in [1.29, 1.82) is 0 Å². The van der Waals surface area contributed by atoms with Gasteiger partial charge in [-0.1, -0.05) is 13.8 Å². The minimum absolute atomic E-state index is 0.576. The average molecular weight is 113 g/mol. The lowest BCUT2D eigenvalue weighted by Gasteiger charge is -1.91. The molecule has 1 rings (SSSR count). The number of hydrogen-bond donors (Lipinski definition) is 1. The molecule has 0 radical (unpaired) electrons. The van der Waals surface area contributed by atoms with E-state index >= 15 is 0 Å². The van der Waals surface area contributed by atoms with Crippen LogP contribution in [-0.2, 0) is 0 Å². The topological polar surface area (TPSA) is 36.8 Å². The van der Waals surface area contributed by atoms with Crippen molar-refractivity contribution in [2.45, 2.75) is 13.8 Å². The predicted octanol–water partition coefficient (Wildman–Crippen LogP) is 0.630. The maximum atomic E-state index is 3.74. The summed E-state index contributed by atoms with van der Waals surface area (Å²) < 4.78 is 0. The van der Waals surface area contributed by atoms with Crippen LogP contribution in [0.2, 0.25) is 0 Å². The quantitative estimate of drug-likeness (QED) is 0.491. The molecule has 0 fully saturated rings. The molecule has 0 aliphatic carbocycles. The lowest BCUT2D eigenvalue weighted by atomic mass is 10.9. The molecule has 0 saturated carbocycles. The number of aliphatic imine (C=N–C) groups is 2. The highest BCUT2D eigenvalue weighted by atomic mass is 15.1. The van der Waals surface area contributed by atoms with Crippen LogP contribution < -0.4 is 5.32 Å². The molecule has 1 N–H and O–H groups in total. The summed E-state index contributed by atoms with van der Waals surface area (Å²) in [7, 11) is 0. The standard InChI is InChI=1S/C3H5N3.C2H6/c1-4-2-6-3-5-1;1-2/h1-2H,3H2,(H,4,5,6);1-2H3. The van der Waals surface area contributed by atoms with Crippen LogP contribution in [0, 0.1) is 0 Å². The van der Waals surface area contributed by atoms with Crippen molar-refractivity contribution in [3.63, 3.8) is 0 Å². The van der Waals surface area contributed by atoms with Gasteiger partial charge in [-0.25, -0.2) is 0 Å². The first kappa shape index (κ1) is 7.14. The second kappa shape index (κ2) is 6.14. The number of rotatable bonds is 0. The SMILES string of the molecule is C1=NCN=CN1.CC. The van der Waals surface area contributed by atoms with E-state index in [2.05, 4.69) is 15.3 Å². The first-order chi connectivity index (χ1) is 4.00. The van der Waals surface area contributed by atoms with Crippen molar-refractivity contribution in [2.24, 2.45) is 9.98 Å². The van der Waals surface area contributed by atoms with Crippen LogP contribution >= 0.6 is 0 Å². The van der Waals surface area contributed by atoms with Crippen molar-refractivity contribution in [1.82, 2.24) is 5.32 Å². The zero-order valence-electron chi connectivity index (χ0n) is 5.26. The third-order valence-electron chi connectivity index (χ3n) is 0.495. The van der Waals surface area contributed by atoms with Gasteiger partial charge in [0.25, 0.3) is 0 Å². The van der Waals surface area contributed by atoms with E-state index in [4.69, 9.17) is 0 Å². The summed E-state index contributed by atoms with van der Waals surface area (Å²) >= 11 is 0. The Balaban J connectivity index is 0.000000222. The predicted molar refractivity (Wildman–Crippen MR) is 36.3 cm³/mol. The normalized spacial score (nSPS) is 13.8. The van der Waals surface area contributed by atoms with E-state index in [1.165, 1.54) is 0 Å². The second-order valence-electron chi connectivity index (χ2n) is 0.931. The summed E-state index contributed by atoms with van der Waals surface area (Å²) in [5, 5.41) is 2.70. The van der Waals surface area contributed by atoms with Gasteiger partial charge in [0.2, 0.25) is 0 Å². The van der Waals surface area contributed by atoms with E-state index in [1.54, 1.807) is 12.7 Å². The molecular formula is C5H11N3. The molecule has 0 aromatic rings. The van der Waals surface area contributed by atoms with Gasteiger partial charge in [-0.3, -0.25) is 9.98 Å². The van der Waals surface area contributed by atoms with Crippen molar-refractivity contribution < 1.29 is 0 Å². The minimum atomic E-state index is 0.576. The molecule has 0 atom stereocenters. The third kappa shape index (κ3) is 3.33. The van der Waals surface area contributed by atoms with E-state index in [0.717, 1.165) is 0 Å². The Kier molecular flexibility index (Phi) is 5.48. The summed E-state index contributed by atoms with van der Waals surface area (Å²) in [4.78, 5) is 7.49. The van der Waals surface area contributed by atoms with Crippen LogP contribution in [0.1, 0.15) is 13.8 Å². The Labute approximate surface area is 49.5 Å². The van der Waals surface area contributed by atoms with Crippen molar-refractivity contribution in [3.8, 4) is 0 Å². The fourth-order valence-corrected chi connectivity index (χ4v) is 0.268. The smallest absolute Gasteiger partial charge is 0.132 e. The first-order valence-electron chi connectivity index (χ1n) is 2.73. The van der Waals surface area contributed by atoms with Gasteiger partial charge in [0, 0.05) is 0 Å². The van der Waals surface area contributed by atoms with Crippen LogP contribution in [0.4, 0.5) is 0 Å². The van der Waals surface area contributed by atoms with E-state index in [1.807, 2.05) is 13.8 Å². The number of hydrogen-bond acceptors (Lipinski definition) is 3. The average Bonchev–Trinajstić information content (AvgIpc) is 1.96. The van der Waals surface area contributed by atoms with Gasteiger partial charge in [-0.05, 0) is 0 Å². The molecule has 8 heavy (non-hydrogen) atoms. The summed E-state index contributed by atoms with van der Waals surface area (Å²) in [6.07, 6.45) is 3.24. The molecule has 1 aliphatic rings. The van der Waals surface area contributed by atoms with Gasteiger partial charge in [-0.15, -0.1) is 0 Å². The molecule has 1 aliphatic heterocycles. The van der Waals surface area contributed by atoms with Gasteiger partial charge >= 0.3 is 0 Å². The Hall–Kier alpha value is -0.860. The number of nitrogens with one attached hydrogen (secondary N) is 1. The van der Waals surface area contributed by atoms with Crippen LogP contribution in [0.5, 0.6) is 0 Å². The highest BCUT2D eigenvalue weighted by Gasteiger charge is 1.74. The maximum Gasteiger partial charge on any atom is 0.132 e. The molecule has 0 aromatic carbocycles. The lowest BCUT2D eigenvalue weighted by molar-refractivity contribution is 1.04. The van der Waals surface area contributed by atoms with Crippen LogP contribution in [0.3, 0.4) is 0 Å². The molecule has 3 heteroatoms. The van der Waals surface area contributed by atoms with E-state index in [9.17, 15) is 0 Å². The third-order valence-corrected chi connectivity index (χ3v) is 0.495. The summed E-state index contributed by atoms with van der Waals surface area (Å²) in [5.74, 6) is 0. The van der Waals surface area contributed by atoms with Gasteiger partial charge in [0.15, 0.2) is 0 Å². The first-order valence-corrected chi connectivity index (χ1v) is 2.73. The van der Waals surface area contributed by atoms with Crippen LogP contribution in [0.15, 0.2) is 9.98 Å². The summed E-state index contributed by atoms with van der Waals surface area (Å²) in [5.41, 5.74) is 0. The van der Waals surface area contributed by atoms with E-state index < -0.39 is 0 Å². The molecule has 1 heterocycles. The zero-order chi connectivity index (χ0) is 6.24. The largest absolute Gasteiger partial charge is 0.338 e. The molecule has 0 aromatic heterocycles. The maximum absolute atomic E-state index is 3.74. The van der Waals surface area contributed by atoms with E-state index in [-0.39, 0.29) is 0 Å². The molecule has 0 saturated heterocycles. The molecule has 46 valence electrons. The molecule has 0 amide bonds. The highest BCUT2D eigenvalue weighted by Crippen LogP contribution is 1.69. The fraction of sp³-hybridized carbons (Fsp3) is 0.600. The molecule has 3 nitrogen and oxygen atoms in total. The van der Waals surface area contributed by atoms with Crippen molar-refractivity contribution >= 4 is 12.7 Å². The Bertz CT molecular complexity index is 65.7. The van der Waals surface area contributed by atoms with Gasteiger partial charge < -0.3 is 5.32 Å². The zero-order valence-corrected chi connectivity index (χ0v) is 5.26. The van der Waals surface area contributed by atoms with Crippen molar-refractivity contribution in [2.75, 3.05) is 6.67 Å². The lowest BCUT2D eigenvalue weighted by Crippen LogP contribution is -2.11. The van der Waals surface area contributed by atoms with Gasteiger partial charge in [-0.2, -0.15) is 0 Å². The summed E-state index contributed by atoms with van der Waals surface area (Å²) in [6.45, 7) is 4.58. The van der Waals surface area contributed by atoms with Crippen LogP contribution in [-0.4, -0.2) is 19.3 Å². The number of nitrogens with zero attached hydrogens (tertiary/aromatic N) is 2. The second-order valence-corrected chi connectivity index (χ2v) is 0.931. The van der Waals surface area contributed by atoms with Gasteiger partial charge in [0.1, 0.15) is 6.67 Å². The van der Waals surface area contributed by atoms with Gasteiger partial charge in [0.05, 0.1) is 12.7 Å². The molecular weight excluding hydrogens is 102 g/mol. The minimum Gasteiger partial charge on any atom is -0.338 e. The van der Waals surface area contributed by atoms with Crippen LogP contribution in [0.25, 0.3) is 0 Å². The Morgan fingerprint density at radius 3 is 1.88 bits per heavy atom. The highest BCUT2D eigenvalue weighted by molar-refractivity contribution is 5.76. The van der Waals surface area contributed by atoms with E-state index in [0.29, 0.717) is 6.67 Å². The van der Waals surface area contributed by atoms with Crippen molar-refractivity contribution in [3.05, 3.63) is 0 Å². The Morgan fingerprint density at radius 2 is 1.75 bits per heavy atom. The molecule has 0 bridgehead atoms. The monoisotopic (exact) mass is 113 g/mol. The molecule has 0 unspecified atom stereocenters. The fourth-order valence-electron chi connectivity index (χ4n) is 0.268.